The van der Waals surface area contributed by atoms with Gasteiger partial charge in [0.2, 0.25) is 5.91 Å². The summed E-state index contributed by atoms with van der Waals surface area (Å²) in [7, 11) is 0. The van der Waals surface area contributed by atoms with E-state index < -0.39 is 6.10 Å². The van der Waals surface area contributed by atoms with Crippen molar-refractivity contribution in [3.63, 3.8) is 0 Å². The second-order valence-corrected chi connectivity index (χ2v) is 8.36. The normalized spacial score (nSPS) is 16.6. The average molecular weight is 441 g/mol. The van der Waals surface area contributed by atoms with Crippen LogP contribution in [0.15, 0.2) is 41.9 Å². The molecule has 1 unspecified atom stereocenters. The van der Waals surface area contributed by atoms with E-state index in [-0.39, 0.29) is 24.5 Å². The number of hydrogen-bond acceptors (Lipinski definition) is 7. The molecular weight excluding hydrogens is 416 g/mol. The predicted molar refractivity (Wildman–Crippen MR) is 118 cm³/mol. The first-order valence-corrected chi connectivity index (χ1v) is 11.0. The van der Waals surface area contributed by atoms with Crippen molar-refractivity contribution in [1.29, 1.82) is 0 Å². The first-order valence-electron chi connectivity index (χ1n) is 10.1. The highest BCUT2D eigenvalue weighted by atomic mass is 32.1. The number of fused-ring (bicyclic) bond motifs is 1. The Balaban J connectivity index is 1.60. The summed E-state index contributed by atoms with van der Waals surface area (Å²) in [6.07, 6.45) is 1.20. The maximum Gasteiger partial charge on any atom is 0.258 e. The van der Waals surface area contributed by atoms with Gasteiger partial charge in [0.1, 0.15) is 12.7 Å². The highest BCUT2D eigenvalue weighted by Gasteiger charge is 2.28. The zero-order valence-corrected chi connectivity index (χ0v) is 18.2. The minimum atomic E-state index is -0.423. The van der Waals surface area contributed by atoms with Crippen LogP contribution >= 0.6 is 11.3 Å². The molecule has 1 fully saturated rings. The zero-order chi connectivity index (χ0) is 21.8. The molecule has 1 aliphatic heterocycles. The van der Waals surface area contributed by atoms with Crippen LogP contribution in [0.3, 0.4) is 0 Å². The minimum Gasteiger partial charge on any atom is -0.369 e. The number of anilines is 1. The summed E-state index contributed by atoms with van der Waals surface area (Å²) in [5.74, 6) is -0.339. The molecule has 1 aliphatic rings. The molecule has 1 aromatic carbocycles. The number of morpholine rings is 1. The summed E-state index contributed by atoms with van der Waals surface area (Å²) in [6, 6.07) is 9.22. The summed E-state index contributed by atoms with van der Waals surface area (Å²) in [5.41, 5.74) is 1.80. The number of ether oxygens (including phenoxy) is 2. The minimum absolute atomic E-state index is 0.0122. The second-order valence-electron chi connectivity index (χ2n) is 7.46. The van der Waals surface area contributed by atoms with Crippen LogP contribution in [0.25, 0.3) is 10.9 Å². The molecule has 0 saturated carbocycles. The van der Waals surface area contributed by atoms with Crippen LogP contribution in [-0.2, 0) is 14.3 Å². The van der Waals surface area contributed by atoms with Crippen molar-refractivity contribution in [3.05, 3.63) is 53.2 Å². The van der Waals surface area contributed by atoms with Gasteiger partial charge in [-0.3, -0.25) is 14.9 Å². The molecule has 162 valence electrons. The highest BCUT2D eigenvalue weighted by Crippen LogP contribution is 2.27. The molecule has 2 aromatic heterocycles. The topological polar surface area (TPSA) is 93.6 Å². The van der Waals surface area contributed by atoms with Gasteiger partial charge in [-0.2, -0.15) is 0 Å². The Labute approximate surface area is 184 Å². The van der Waals surface area contributed by atoms with Gasteiger partial charge >= 0.3 is 0 Å². The number of para-hydroxylation sites is 1. The SMILES string of the molecule is CC(C)OCC(=O)N1CCOC(c2cc(C(=O)Nc3nccs3)c3ccccc3n2)C1. The van der Waals surface area contributed by atoms with Crippen LogP contribution in [0.2, 0.25) is 0 Å². The molecule has 1 atom stereocenters. The van der Waals surface area contributed by atoms with Crippen molar-refractivity contribution >= 4 is 39.2 Å². The number of carbonyl (C=O) groups is 2. The van der Waals surface area contributed by atoms with Crippen molar-refractivity contribution in [2.75, 3.05) is 31.6 Å². The number of carbonyl (C=O) groups excluding carboxylic acids is 2. The van der Waals surface area contributed by atoms with E-state index in [0.717, 1.165) is 5.39 Å². The number of amides is 2. The third kappa shape index (κ3) is 5.07. The summed E-state index contributed by atoms with van der Waals surface area (Å²) in [5, 5.41) is 5.91. The fraction of sp³-hybridized carbons (Fsp3) is 0.364. The monoisotopic (exact) mass is 440 g/mol. The fourth-order valence-electron chi connectivity index (χ4n) is 3.38. The molecule has 8 nitrogen and oxygen atoms in total. The Morgan fingerprint density at radius 2 is 2.19 bits per heavy atom. The van der Waals surface area contributed by atoms with E-state index in [1.165, 1.54) is 11.3 Å². The van der Waals surface area contributed by atoms with Crippen LogP contribution in [-0.4, -0.2) is 59.1 Å². The van der Waals surface area contributed by atoms with Gasteiger partial charge in [0, 0.05) is 23.5 Å². The number of aromatic nitrogens is 2. The number of rotatable bonds is 6. The van der Waals surface area contributed by atoms with Crippen molar-refractivity contribution in [1.82, 2.24) is 14.9 Å². The van der Waals surface area contributed by atoms with Crippen molar-refractivity contribution in [2.24, 2.45) is 0 Å². The molecule has 0 aliphatic carbocycles. The molecule has 9 heteroatoms. The lowest BCUT2D eigenvalue weighted by molar-refractivity contribution is -0.145. The number of benzene rings is 1. The molecule has 1 N–H and O–H groups in total. The average Bonchev–Trinajstić information content (AvgIpc) is 3.29. The van der Waals surface area contributed by atoms with E-state index in [2.05, 4.69) is 10.3 Å². The molecule has 2 amide bonds. The van der Waals surface area contributed by atoms with Crippen molar-refractivity contribution in [2.45, 2.75) is 26.1 Å². The summed E-state index contributed by atoms with van der Waals surface area (Å²) >= 11 is 1.35. The van der Waals surface area contributed by atoms with E-state index in [1.54, 1.807) is 22.5 Å². The van der Waals surface area contributed by atoms with E-state index in [4.69, 9.17) is 14.5 Å². The van der Waals surface area contributed by atoms with E-state index in [0.29, 0.717) is 41.6 Å². The number of nitrogens with zero attached hydrogens (tertiary/aromatic N) is 3. The van der Waals surface area contributed by atoms with Gasteiger partial charge < -0.3 is 14.4 Å². The van der Waals surface area contributed by atoms with Crippen LogP contribution < -0.4 is 5.32 Å². The Hall–Kier alpha value is -2.88. The standard InChI is InChI=1S/C22H24N4O4S/c1-14(2)30-13-20(27)26-8-9-29-19(12-26)18-11-16(15-5-3-4-6-17(15)24-18)21(28)25-22-23-7-10-31-22/h3-7,10-11,14,19H,8-9,12-13H2,1-2H3,(H,23,25,28). The lowest BCUT2D eigenvalue weighted by Gasteiger charge is -2.33. The van der Waals surface area contributed by atoms with Gasteiger partial charge in [-0.05, 0) is 26.0 Å². The first-order chi connectivity index (χ1) is 15.0. The van der Waals surface area contributed by atoms with Gasteiger partial charge in [0.05, 0.1) is 36.0 Å². The van der Waals surface area contributed by atoms with Gasteiger partial charge in [-0.1, -0.05) is 18.2 Å². The zero-order valence-electron chi connectivity index (χ0n) is 17.4. The molecule has 0 spiro atoms. The highest BCUT2D eigenvalue weighted by molar-refractivity contribution is 7.13. The predicted octanol–water partition coefficient (Wildman–Crippen LogP) is 3.27. The molecule has 3 heterocycles. The Morgan fingerprint density at radius 1 is 1.35 bits per heavy atom. The molecule has 31 heavy (non-hydrogen) atoms. The Kier molecular flexibility index (Phi) is 6.55. The lowest BCUT2D eigenvalue weighted by atomic mass is 10.0. The number of thiazole rings is 1. The summed E-state index contributed by atoms with van der Waals surface area (Å²) in [6.45, 7) is 5.09. The van der Waals surface area contributed by atoms with Crippen LogP contribution in [0.5, 0.6) is 0 Å². The van der Waals surface area contributed by atoms with E-state index >= 15 is 0 Å². The maximum atomic E-state index is 13.0. The number of nitrogens with one attached hydrogen (secondary N) is 1. The van der Waals surface area contributed by atoms with Gasteiger partial charge in [0.15, 0.2) is 5.13 Å². The van der Waals surface area contributed by atoms with E-state index in [9.17, 15) is 9.59 Å². The molecule has 1 saturated heterocycles. The van der Waals surface area contributed by atoms with Crippen LogP contribution in [0.1, 0.15) is 36.0 Å². The van der Waals surface area contributed by atoms with Crippen LogP contribution in [0.4, 0.5) is 5.13 Å². The third-order valence-corrected chi connectivity index (χ3v) is 5.61. The van der Waals surface area contributed by atoms with E-state index in [1.807, 2.05) is 38.1 Å². The largest absolute Gasteiger partial charge is 0.369 e. The quantitative estimate of drug-likeness (QED) is 0.632. The van der Waals surface area contributed by atoms with Gasteiger partial charge in [0.25, 0.3) is 5.91 Å². The molecule has 3 aromatic rings. The Morgan fingerprint density at radius 3 is 2.97 bits per heavy atom. The van der Waals surface area contributed by atoms with Crippen LogP contribution in [0, 0.1) is 0 Å². The third-order valence-electron chi connectivity index (χ3n) is 4.92. The molecular formula is C22H24N4O4S. The van der Waals surface area contributed by atoms with Crippen molar-refractivity contribution < 1.29 is 19.1 Å². The molecule has 0 bridgehead atoms. The fourth-order valence-corrected chi connectivity index (χ4v) is 3.91. The Bertz CT molecular complexity index is 1070. The smallest absolute Gasteiger partial charge is 0.258 e. The number of hydrogen-bond donors (Lipinski definition) is 1. The maximum absolute atomic E-state index is 13.0. The van der Waals surface area contributed by atoms with Gasteiger partial charge in [-0.25, -0.2) is 9.97 Å². The van der Waals surface area contributed by atoms with Gasteiger partial charge in [-0.15, -0.1) is 11.3 Å². The molecule has 0 radical (unpaired) electrons. The second kappa shape index (κ2) is 9.51. The number of pyridine rings is 1. The summed E-state index contributed by atoms with van der Waals surface area (Å²) < 4.78 is 11.4. The summed E-state index contributed by atoms with van der Waals surface area (Å²) in [4.78, 5) is 36.1. The lowest BCUT2D eigenvalue weighted by Crippen LogP contribution is -2.44. The first kappa shape index (κ1) is 21.4. The van der Waals surface area contributed by atoms with Crippen molar-refractivity contribution in [3.8, 4) is 0 Å². The molecule has 4 rings (SSSR count).